The highest BCUT2D eigenvalue weighted by atomic mass is 32.1. The molecule has 1 N–H and O–H groups in total. The van der Waals surface area contributed by atoms with Crippen molar-refractivity contribution in [2.75, 3.05) is 6.54 Å². The summed E-state index contributed by atoms with van der Waals surface area (Å²) in [5, 5.41) is 5.55. The summed E-state index contributed by atoms with van der Waals surface area (Å²) in [5.74, 6) is -0.181. The van der Waals surface area contributed by atoms with Gasteiger partial charge in [-0.2, -0.15) is 0 Å². The van der Waals surface area contributed by atoms with Crippen LogP contribution in [0.3, 0.4) is 0 Å². The zero-order chi connectivity index (χ0) is 14.9. The van der Waals surface area contributed by atoms with Gasteiger partial charge in [0.15, 0.2) is 0 Å². The second kappa shape index (κ2) is 5.69. The summed E-state index contributed by atoms with van der Waals surface area (Å²) in [6.45, 7) is 0.934. The molecule has 0 radical (unpaired) electrons. The van der Waals surface area contributed by atoms with E-state index in [1.165, 1.54) is 22.6 Å². The Hall–Kier alpha value is -1.53. The lowest BCUT2D eigenvalue weighted by Gasteiger charge is -2.24. The van der Waals surface area contributed by atoms with Crippen molar-refractivity contribution in [1.82, 2.24) is 5.32 Å². The van der Waals surface area contributed by atoms with Gasteiger partial charge in [-0.1, -0.05) is 12.1 Å². The summed E-state index contributed by atoms with van der Waals surface area (Å²) in [4.78, 5) is 1.33. The first-order chi connectivity index (χ1) is 10.0. The summed E-state index contributed by atoms with van der Waals surface area (Å²) < 4.78 is 40.2. The second-order valence-corrected chi connectivity index (χ2v) is 5.91. The minimum atomic E-state index is -4.64. The Labute approximate surface area is 124 Å². The van der Waals surface area contributed by atoms with Crippen LogP contribution in [0.15, 0.2) is 35.7 Å². The number of rotatable bonds is 3. The molecular weight excluding hydrogens is 299 g/mol. The lowest BCUT2D eigenvalue weighted by Crippen LogP contribution is -2.29. The monoisotopic (exact) mass is 313 g/mol. The maximum atomic E-state index is 12.1. The first-order valence-electron chi connectivity index (χ1n) is 6.65. The van der Waals surface area contributed by atoms with Gasteiger partial charge in [0.2, 0.25) is 0 Å². The Morgan fingerprint density at radius 3 is 2.67 bits per heavy atom. The fourth-order valence-corrected chi connectivity index (χ4v) is 3.59. The smallest absolute Gasteiger partial charge is 0.406 e. The molecule has 0 saturated carbocycles. The van der Waals surface area contributed by atoms with Crippen LogP contribution in [0, 0.1) is 0 Å². The van der Waals surface area contributed by atoms with Crippen LogP contribution in [0.4, 0.5) is 13.2 Å². The number of hydrogen-bond acceptors (Lipinski definition) is 3. The zero-order valence-corrected chi connectivity index (χ0v) is 11.9. The molecule has 0 spiro atoms. The van der Waals surface area contributed by atoms with E-state index in [9.17, 15) is 13.2 Å². The Morgan fingerprint density at radius 1 is 1.19 bits per heavy atom. The summed E-state index contributed by atoms with van der Waals surface area (Å²) in [6.07, 6.45) is -2.84. The first kappa shape index (κ1) is 14.4. The highest BCUT2D eigenvalue weighted by Crippen LogP contribution is 2.31. The predicted molar refractivity (Wildman–Crippen MR) is 75.6 cm³/mol. The summed E-state index contributed by atoms with van der Waals surface area (Å²) >= 11 is 1.73. The van der Waals surface area contributed by atoms with Gasteiger partial charge in [0, 0.05) is 10.9 Å². The van der Waals surface area contributed by atoms with E-state index < -0.39 is 6.36 Å². The van der Waals surface area contributed by atoms with E-state index in [1.807, 2.05) is 0 Å². The molecule has 2 nitrogen and oxygen atoms in total. The average molecular weight is 313 g/mol. The average Bonchev–Trinajstić information content (AvgIpc) is 2.89. The van der Waals surface area contributed by atoms with Crippen LogP contribution in [0.1, 0.15) is 22.0 Å². The Kier molecular flexibility index (Phi) is 3.91. The van der Waals surface area contributed by atoms with Crippen LogP contribution in [0.5, 0.6) is 5.75 Å². The fourth-order valence-electron chi connectivity index (χ4n) is 2.56. The molecule has 1 atom stereocenters. The topological polar surface area (TPSA) is 21.3 Å². The van der Waals surface area contributed by atoms with Gasteiger partial charge in [-0.3, -0.25) is 0 Å². The number of alkyl halides is 3. The zero-order valence-electron chi connectivity index (χ0n) is 11.1. The molecule has 2 aromatic rings. The van der Waals surface area contributed by atoms with E-state index >= 15 is 0 Å². The minimum Gasteiger partial charge on any atom is -0.406 e. The van der Waals surface area contributed by atoms with Crippen LogP contribution >= 0.6 is 11.3 Å². The van der Waals surface area contributed by atoms with Crippen molar-refractivity contribution in [2.45, 2.75) is 25.2 Å². The molecule has 0 amide bonds. The number of hydrogen-bond donors (Lipinski definition) is 1. The Morgan fingerprint density at radius 2 is 1.95 bits per heavy atom. The van der Waals surface area contributed by atoms with Gasteiger partial charge in [0.25, 0.3) is 0 Å². The molecule has 2 heterocycles. The van der Waals surface area contributed by atoms with Crippen molar-refractivity contribution in [3.05, 3.63) is 51.7 Å². The number of ether oxygens (including phenoxy) is 1. The van der Waals surface area contributed by atoms with Crippen LogP contribution in [0.2, 0.25) is 0 Å². The van der Waals surface area contributed by atoms with Gasteiger partial charge in [-0.05, 0) is 54.1 Å². The van der Waals surface area contributed by atoms with Crippen molar-refractivity contribution < 1.29 is 17.9 Å². The third-order valence-corrected chi connectivity index (χ3v) is 4.55. The van der Waals surface area contributed by atoms with E-state index in [0.29, 0.717) is 0 Å². The van der Waals surface area contributed by atoms with E-state index in [1.54, 1.807) is 23.5 Å². The number of nitrogens with one attached hydrogen (secondary N) is 1. The van der Waals surface area contributed by atoms with E-state index in [-0.39, 0.29) is 11.8 Å². The molecule has 1 aliphatic rings. The molecule has 0 aliphatic carbocycles. The predicted octanol–water partition coefficient (Wildman–Crippen LogP) is 4.08. The first-order valence-corrected chi connectivity index (χ1v) is 7.53. The summed E-state index contributed by atoms with van der Waals surface area (Å²) in [6, 6.07) is 8.48. The normalized spacial score (nSPS) is 18.3. The van der Waals surface area contributed by atoms with E-state index in [4.69, 9.17) is 0 Å². The Balaban J connectivity index is 1.69. The standard InChI is InChI=1S/C15H14F3NOS/c16-15(17,18)20-12-3-1-10(2-4-12)9-13-14-11(5-7-19-13)6-8-21-14/h1-4,6,8,13,19H,5,7,9H2. The van der Waals surface area contributed by atoms with Crippen LogP contribution in [-0.4, -0.2) is 12.9 Å². The van der Waals surface area contributed by atoms with E-state index in [0.717, 1.165) is 24.9 Å². The largest absolute Gasteiger partial charge is 0.573 e. The third-order valence-electron chi connectivity index (χ3n) is 3.48. The number of thiophene rings is 1. The molecule has 1 aromatic carbocycles. The molecule has 0 bridgehead atoms. The molecule has 0 saturated heterocycles. The number of benzene rings is 1. The van der Waals surface area contributed by atoms with Crippen LogP contribution in [-0.2, 0) is 12.8 Å². The van der Waals surface area contributed by atoms with Gasteiger partial charge in [-0.25, -0.2) is 0 Å². The Bertz CT molecular complexity index is 606. The molecule has 6 heteroatoms. The number of fused-ring (bicyclic) bond motifs is 1. The summed E-state index contributed by atoms with van der Waals surface area (Å²) in [5.41, 5.74) is 2.36. The van der Waals surface area contributed by atoms with Gasteiger partial charge in [-0.15, -0.1) is 24.5 Å². The highest BCUT2D eigenvalue weighted by Gasteiger charge is 2.31. The SMILES string of the molecule is FC(F)(F)Oc1ccc(CC2NCCc3ccsc32)cc1. The number of halogens is 3. The van der Waals surface area contributed by atoms with Gasteiger partial charge in [0.05, 0.1) is 0 Å². The van der Waals surface area contributed by atoms with Crippen molar-refractivity contribution >= 4 is 11.3 Å². The van der Waals surface area contributed by atoms with Gasteiger partial charge < -0.3 is 10.1 Å². The van der Waals surface area contributed by atoms with Gasteiger partial charge >= 0.3 is 6.36 Å². The third kappa shape index (κ3) is 3.57. The van der Waals surface area contributed by atoms with Crippen molar-refractivity contribution in [1.29, 1.82) is 0 Å². The molecule has 3 rings (SSSR count). The highest BCUT2D eigenvalue weighted by molar-refractivity contribution is 7.10. The molecule has 1 unspecified atom stereocenters. The second-order valence-electron chi connectivity index (χ2n) is 4.96. The van der Waals surface area contributed by atoms with Gasteiger partial charge in [0.1, 0.15) is 5.75 Å². The summed E-state index contributed by atoms with van der Waals surface area (Å²) in [7, 11) is 0. The molecular formula is C15H14F3NOS. The van der Waals surface area contributed by atoms with Crippen LogP contribution in [0.25, 0.3) is 0 Å². The molecule has 0 fully saturated rings. The van der Waals surface area contributed by atoms with Crippen molar-refractivity contribution in [3.63, 3.8) is 0 Å². The quantitative estimate of drug-likeness (QED) is 0.922. The fraction of sp³-hybridized carbons (Fsp3) is 0.333. The molecule has 21 heavy (non-hydrogen) atoms. The minimum absolute atomic E-state index is 0.181. The lowest BCUT2D eigenvalue weighted by molar-refractivity contribution is -0.274. The van der Waals surface area contributed by atoms with Crippen LogP contribution < -0.4 is 10.1 Å². The molecule has 1 aromatic heterocycles. The maximum Gasteiger partial charge on any atom is 0.573 e. The molecule has 112 valence electrons. The lowest BCUT2D eigenvalue weighted by atomic mass is 9.98. The molecule has 1 aliphatic heterocycles. The van der Waals surface area contributed by atoms with Crippen molar-refractivity contribution in [3.8, 4) is 5.75 Å². The maximum absolute atomic E-state index is 12.1. The van der Waals surface area contributed by atoms with E-state index in [2.05, 4.69) is 21.5 Å². The van der Waals surface area contributed by atoms with Crippen molar-refractivity contribution in [2.24, 2.45) is 0 Å².